The fourth-order valence-corrected chi connectivity index (χ4v) is 5.48. The van der Waals surface area contributed by atoms with Crippen molar-refractivity contribution < 1.29 is 18.3 Å². The molecule has 5 rings (SSSR count). The second kappa shape index (κ2) is 13.0. The van der Waals surface area contributed by atoms with Crippen molar-refractivity contribution in [3.63, 3.8) is 0 Å². The maximum atomic E-state index is 15.6. The molecule has 2 N–H and O–H groups in total. The molecule has 10 heteroatoms. The van der Waals surface area contributed by atoms with Crippen molar-refractivity contribution in [3.8, 4) is 5.75 Å². The second-order valence-corrected chi connectivity index (χ2v) is 11.2. The Morgan fingerprint density at radius 2 is 1.91 bits per heavy atom. The van der Waals surface area contributed by atoms with E-state index in [1.807, 2.05) is 26.8 Å². The van der Waals surface area contributed by atoms with Gasteiger partial charge in [0.05, 0.1) is 5.69 Å². The monoisotopic (exact) mass is 590 g/mol. The van der Waals surface area contributed by atoms with Crippen molar-refractivity contribution in [2.45, 2.75) is 34.1 Å². The normalized spacial score (nSPS) is 18.7. The van der Waals surface area contributed by atoms with Gasteiger partial charge in [0.2, 0.25) is 0 Å². The number of amidine groups is 1. The number of anilines is 2. The Labute approximate surface area is 251 Å². The van der Waals surface area contributed by atoms with Gasteiger partial charge in [-0.3, -0.25) is 4.79 Å². The number of carbonyl (C=O) groups is 1. The zero-order valence-electron chi connectivity index (χ0n) is 25.5. The van der Waals surface area contributed by atoms with Crippen molar-refractivity contribution in [2.75, 3.05) is 56.5 Å². The topological polar surface area (TPSA) is 76.2 Å². The highest BCUT2D eigenvalue weighted by molar-refractivity contribution is 6.25. The largest absolute Gasteiger partial charge is 0.457 e. The smallest absolute Gasteiger partial charge is 0.260 e. The van der Waals surface area contributed by atoms with Gasteiger partial charge >= 0.3 is 0 Å². The maximum Gasteiger partial charge on any atom is 0.260 e. The van der Waals surface area contributed by atoms with Crippen LogP contribution in [0.3, 0.4) is 0 Å². The van der Waals surface area contributed by atoms with Crippen molar-refractivity contribution in [1.29, 1.82) is 0 Å². The minimum Gasteiger partial charge on any atom is -0.457 e. The van der Waals surface area contributed by atoms with E-state index in [1.54, 1.807) is 48.5 Å². The van der Waals surface area contributed by atoms with Gasteiger partial charge in [-0.05, 0) is 63.2 Å². The Morgan fingerprint density at radius 3 is 2.60 bits per heavy atom. The number of hydrogen-bond acceptors (Lipinski definition) is 6. The molecule has 1 unspecified atom stereocenters. The van der Waals surface area contributed by atoms with Gasteiger partial charge in [-0.15, -0.1) is 0 Å². The van der Waals surface area contributed by atoms with E-state index in [9.17, 15) is 4.79 Å². The van der Waals surface area contributed by atoms with Gasteiger partial charge in [0.15, 0.2) is 11.6 Å². The number of amides is 1. The lowest BCUT2D eigenvalue weighted by molar-refractivity contribution is -0.125. The molecule has 0 spiro atoms. The standard InChI is InChI=1S/C33H40F2N6O2/c1-6-39(5)33(42)29-31(43-28-13-11-26-24(30(28)35)19-22(4)37-26)21(3)9-8-14-36-32(29)38-23-10-12-27(25(34)20-23)41-17-15-40(7-2)16-18-41/h8,10-14,19-21,37H,6-7,9,15-18H2,1-5H3,(H,36,38)/b14-8+,31-29?. The van der Waals surface area contributed by atoms with Gasteiger partial charge in [0.1, 0.15) is 23.0 Å². The van der Waals surface area contributed by atoms with Crippen molar-refractivity contribution in [2.24, 2.45) is 10.9 Å². The van der Waals surface area contributed by atoms with Crippen LogP contribution in [0.4, 0.5) is 20.2 Å². The number of nitrogens with zero attached hydrogens (tertiary/aromatic N) is 4. The number of carbonyl (C=O) groups excluding carboxylic acids is 1. The summed E-state index contributed by atoms with van der Waals surface area (Å²) in [5.41, 5.74) is 2.64. The molecule has 43 heavy (non-hydrogen) atoms. The summed E-state index contributed by atoms with van der Waals surface area (Å²) in [7, 11) is 1.69. The van der Waals surface area contributed by atoms with Crippen LogP contribution in [0.5, 0.6) is 5.75 Å². The molecule has 0 saturated carbocycles. The number of aromatic nitrogens is 1. The summed E-state index contributed by atoms with van der Waals surface area (Å²) in [5, 5.41) is 3.59. The summed E-state index contributed by atoms with van der Waals surface area (Å²) in [6.07, 6.45) is 4.03. The van der Waals surface area contributed by atoms with Crippen molar-refractivity contribution in [1.82, 2.24) is 14.8 Å². The molecule has 8 nitrogen and oxygen atoms in total. The van der Waals surface area contributed by atoms with Gasteiger partial charge in [0.25, 0.3) is 5.91 Å². The minimum atomic E-state index is -0.515. The van der Waals surface area contributed by atoms with E-state index in [0.29, 0.717) is 35.2 Å². The number of fused-ring (bicyclic) bond motifs is 1. The van der Waals surface area contributed by atoms with Crippen LogP contribution in [0.1, 0.15) is 32.9 Å². The van der Waals surface area contributed by atoms with E-state index >= 15 is 8.78 Å². The Balaban J connectivity index is 1.52. The lowest BCUT2D eigenvalue weighted by Gasteiger charge is -2.35. The first-order valence-electron chi connectivity index (χ1n) is 14.9. The molecule has 1 saturated heterocycles. The van der Waals surface area contributed by atoms with E-state index in [0.717, 1.165) is 38.4 Å². The first-order valence-corrected chi connectivity index (χ1v) is 14.9. The molecule has 0 radical (unpaired) electrons. The molecule has 0 aliphatic carbocycles. The molecule has 228 valence electrons. The van der Waals surface area contributed by atoms with Gasteiger partial charge in [-0.1, -0.05) is 19.9 Å². The van der Waals surface area contributed by atoms with Gasteiger partial charge in [-0.2, -0.15) is 0 Å². The number of halogens is 2. The number of ether oxygens (including phenoxy) is 1. The number of hydrogen-bond donors (Lipinski definition) is 2. The van der Waals surface area contributed by atoms with Crippen LogP contribution in [-0.2, 0) is 4.79 Å². The number of allylic oxidation sites excluding steroid dienone is 2. The van der Waals surface area contributed by atoms with E-state index < -0.39 is 5.82 Å². The molecular formula is C33H40F2N6O2. The zero-order valence-corrected chi connectivity index (χ0v) is 25.5. The van der Waals surface area contributed by atoms with Crippen molar-refractivity contribution >= 4 is 34.0 Å². The Hall–Kier alpha value is -4.18. The third-order valence-electron chi connectivity index (χ3n) is 8.19. The molecule has 2 aliphatic heterocycles. The lowest BCUT2D eigenvalue weighted by Crippen LogP contribution is -2.46. The molecule has 1 fully saturated rings. The average Bonchev–Trinajstić information content (AvgIpc) is 3.39. The first kappa shape index (κ1) is 30.3. The van der Waals surface area contributed by atoms with Crippen LogP contribution in [0.2, 0.25) is 0 Å². The van der Waals surface area contributed by atoms with Crippen LogP contribution in [0, 0.1) is 24.5 Å². The third-order valence-corrected chi connectivity index (χ3v) is 8.19. The fourth-order valence-electron chi connectivity index (χ4n) is 5.48. The van der Waals surface area contributed by atoms with E-state index in [2.05, 4.69) is 32.0 Å². The number of likely N-dealkylation sites (N-methyl/N-ethyl adjacent to an activating group) is 2. The first-order chi connectivity index (χ1) is 20.7. The SMILES string of the molecule is CCN1CCN(c2ccc(NC3=N/C=C/CC(C)C(Oc4ccc5[nH]c(C)cc5c4F)=C3C(=O)N(C)CC)cc2F)CC1. The van der Waals surface area contributed by atoms with Crippen LogP contribution in [-0.4, -0.2) is 72.8 Å². The van der Waals surface area contributed by atoms with Gasteiger partial charge in [-0.25, -0.2) is 13.8 Å². The van der Waals surface area contributed by atoms with Crippen molar-refractivity contribution in [3.05, 3.63) is 77.3 Å². The Morgan fingerprint density at radius 1 is 1.14 bits per heavy atom. The summed E-state index contributed by atoms with van der Waals surface area (Å²) in [5.74, 6) is -0.990. The number of H-pyrrole nitrogens is 1. The number of aliphatic imine (C=N–C) groups is 1. The number of rotatable bonds is 7. The predicted molar refractivity (Wildman–Crippen MR) is 169 cm³/mol. The van der Waals surface area contributed by atoms with E-state index in [1.165, 1.54) is 6.07 Å². The van der Waals surface area contributed by atoms with Crippen LogP contribution >= 0.6 is 0 Å². The zero-order chi connectivity index (χ0) is 30.7. The number of piperazine rings is 1. The van der Waals surface area contributed by atoms with E-state index in [4.69, 9.17) is 4.74 Å². The molecule has 3 heterocycles. The Bertz CT molecular complexity index is 1590. The minimum absolute atomic E-state index is 0.0141. The van der Waals surface area contributed by atoms with Gasteiger partial charge < -0.3 is 29.7 Å². The van der Waals surface area contributed by atoms with Crippen LogP contribution in [0.25, 0.3) is 10.9 Å². The molecule has 2 aliphatic rings. The average molecular weight is 591 g/mol. The Kier molecular flexibility index (Phi) is 9.15. The van der Waals surface area contributed by atoms with E-state index in [-0.39, 0.29) is 40.6 Å². The summed E-state index contributed by atoms with van der Waals surface area (Å²) in [4.78, 5) is 27.5. The highest BCUT2D eigenvalue weighted by Gasteiger charge is 2.30. The highest BCUT2D eigenvalue weighted by atomic mass is 19.1. The number of nitrogens with one attached hydrogen (secondary N) is 2. The molecule has 3 aromatic rings. The molecule has 1 amide bonds. The second-order valence-electron chi connectivity index (χ2n) is 11.2. The summed E-state index contributed by atoms with van der Waals surface area (Å²) < 4.78 is 37.4. The number of aromatic amines is 1. The molecular weight excluding hydrogens is 550 g/mol. The quantitative estimate of drug-likeness (QED) is 0.349. The highest BCUT2D eigenvalue weighted by Crippen LogP contribution is 2.33. The van der Waals surface area contributed by atoms with Gasteiger partial charge in [0, 0.05) is 74.2 Å². The van der Waals surface area contributed by atoms with Crippen LogP contribution in [0.15, 0.2) is 65.0 Å². The fraction of sp³-hybridized carbons (Fsp3) is 0.394. The summed E-state index contributed by atoms with van der Waals surface area (Å²) >= 11 is 0. The summed E-state index contributed by atoms with van der Waals surface area (Å²) in [6.45, 7) is 12.5. The predicted octanol–water partition coefficient (Wildman–Crippen LogP) is 6.07. The van der Waals surface area contributed by atoms with Crippen LogP contribution < -0.4 is 15.0 Å². The molecule has 0 bridgehead atoms. The molecule has 1 aromatic heterocycles. The maximum absolute atomic E-state index is 15.6. The lowest BCUT2D eigenvalue weighted by atomic mass is 9.98. The summed E-state index contributed by atoms with van der Waals surface area (Å²) in [6, 6.07) is 10.0. The number of aryl methyl sites for hydroxylation is 1. The number of benzene rings is 2. The molecule has 2 aromatic carbocycles. The molecule has 1 atom stereocenters. The third kappa shape index (κ3) is 6.44.